The molecule has 0 aliphatic heterocycles. The van der Waals surface area contributed by atoms with Crippen molar-refractivity contribution in [2.45, 2.75) is 56.8 Å². The van der Waals surface area contributed by atoms with Crippen molar-refractivity contribution in [3.05, 3.63) is 39.3 Å². The summed E-state index contributed by atoms with van der Waals surface area (Å²) in [5, 5.41) is 16.2. The molecule has 1 saturated carbocycles. The maximum absolute atomic E-state index is 14.8. The first-order chi connectivity index (χ1) is 13.9. The van der Waals surface area contributed by atoms with Crippen LogP contribution >= 0.6 is 22.9 Å². The van der Waals surface area contributed by atoms with Crippen molar-refractivity contribution in [2.24, 2.45) is 33.2 Å². The standard InChI is InChI=1S/C21H27ClF2N2O2S2/c1-10(2)18-13(12(11-5-6-11)7-14(22)19(18)24)8-17(27)26-30(25)20-15(23)9-16(29-20)21(3,4)28/h7,9-13,28H,5-6,8H2,1-4H3,(H2,25,26,27). The second-order valence-corrected chi connectivity index (χ2v) is 11.7. The van der Waals surface area contributed by atoms with Crippen molar-refractivity contribution >= 4 is 39.7 Å². The zero-order chi connectivity index (χ0) is 22.4. The van der Waals surface area contributed by atoms with Gasteiger partial charge in [-0.05, 0) is 62.0 Å². The van der Waals surface area contributed by atoms with E-state index in [1.807, 2.05) is 13.8 Å². The molecule has 0 saturated heterocycles. The number of carbonyl (C=O) groups is 1. The van der Waals surface area contributed by atoms with E-state index in [4.69, 9.17) is 16.7 Å². The summed E-state index contributed by atoms with van der Waals surface area (Å²) >= 11 is 7.14. The van der Waals surface area contributed by atoms with Crippen LogP contribution in [0.2, 0.25) is 0 Å². The van der Waals surface area contributed by atoms with Crippen LogP contribution in [0.1, 0.15) is 51.8 Å². The van der Waals surface area contributed by atoms with Crippen LogP contribution in [0.25, 0.3) is 0 Å². The molecule has 2 aliphatic carbocycles. The van der Waals surface area contributed by atoms with E-state index in [2.05, 4.69) is 4.36 Å². The highest BCUT2D eigenvalue weighted by atomic mass is 35.5. The summed E-state index contributed by atoms with van der Waals surface area (Å²) in [6, 6.07) is 1.22. The Labute approximate surface area is 187 Å². The topological polar surface area (TPSA) is 75.7 Å². The molecule has 30 heavy (non-hydrogen) atoms. The summed E-state index contributed by atoms with van der Waals surface area (Å²) in [7, 11) is -1.48. The molecule has 0 aromatic carbocycles. The van der Waals surface area contributed by atoms with Gasteiger partial charge in [0, 0.05) is 22.2 Å². The van der Waals surface area contributed by atoms with Crippen LogP contribution in [0.15, 0.2) is 37.1 Å². The maximum atomic E-state index is 14.8. The molecule has 1 aromatic heterocycles. The van der Waals surface area contributed by atoms with Gasteiger partial charge in [0.15, 0.2) is 0 Å². The lowest BCUT2D eigenvalue weighted by Crippen LogP contribution is -2.27. The quantitative estimate of drug-likeness (QED) is 0.551. The lowest BCUT2D eigenvalue weighted by atomic mass is 9.73. The second kappa shape index (κ2) is 8.90. The average Bonchev–Trinajstić information content (AvgIpc) is 3.37. The lowest BCUT2D eigenvalue weighted by molar-refractivity contribution is -0.118. The van der Waals surface area contributed by atoms with Gasteiger partial charge in [-0.1, -0.05) is 31.5 Å². The van der Waals surface area contributed by atoms with E-state index in [0.29, 0.717) is 16.4 Å². The molecule has 3 atom stereocenters. The number of nitrogens with two attached hydrogens (primary N) is 1. The zero-order valence-corrected chi connectivity index (χ0v) is 19.8. The van der Waals surface area contributed by atoms with E-state index in [0.717, 1.165) is 24.2 Å². The van der Waals surface area contributed by atoms with Crippen molar-refractivity contribution in [3.8, 4) is 0 Å². The zero-order valence-electron chi connectivity index (χ0n) is 17.4. The van der Waals surface area contributed by atoms with Gasteiger partial charge in [0.1, 0.15) is 15.9 Å². The molecule has 9 heteroatoms. The summed E-state index contributed by atoms with van der Waals surface area (Å²) in [6.45, 7) is 6.87. The van der Waals surface area contributed by atoms with Gasteiger partial charge in [0.2, 0.25) is 0 Å². The van der Waals surface area contributed by atoms with Crippen molar-refractivity contribution in [1.82, 2.24) is 0 Å². The summed E-state index contributed by atoms with van der Waals surface area (Å²) in [5.74, 6) is -1.57. The number of hydrogen-bond acceptors (Lipinski definition) is 3. The second-order valence-electron chi connectivity index (χ2n) is 8.77. The molecule has 3 unspecified atom stereocenters. The fourth-order valence-electron chi connectivity index (χ4n) is 3.91. The van der Waals surface area contributed by atoms with Gasteiger partial charge >= 0.3 is 0 Å². The number of hydrogen-bond donors (Lipinski definition) is 2. The van der Waals surface area contributed by atoms with E-state index in [1.165, 1.54) is 6.07 Å². The summed E-state index contributed by atoms with van der Waals surface area (Å²) in [5.41, 5.74) is -0.663. The van der Waals surface area contributed by atoms with Crippen molar-refractivity contribution < 1.29 is 18.7 Å². The number of aliphatic hydroxyl groups is 1. The Morgan fingerprint density at radius 1 is 1.43 bits per heavy atom. The predicted octanol–water partition coefficient (Wildman–Crippen LogP) is 5.72. The van der Waals surface area contributed by atoms with Gasteiger partial charge in [-0.15, -0.1) is 11.3 Å². The predicted molar refractivity (Wildman–Crippen MR) is 118 cm³/mol. The molecule has 3 rings (SSSR count). The average molecular weight is 477 g/mol. The first kappa shape index (κ1) is 23.7. The van der Waals surface area contributed by atoms with Gasteiger partial charge in [0.25, 0.3) is 5.91 Å². The van der Waals surface area contributed by atoms with Crippen molar-refractivity contribution in [1.29, 1.82) is 0 Å². The van der Waals surface area contributed by atoms with E-state index in [9.17, 15) is 18.7 Å². The van der Waals surface area contributed by atoms with E-state index >= 15 is 0 Å². The molecule has 0 radical (unpaired) electrons. The normalized spacial score (nSPS) is 23.9. The Hall–Kier alpha value is -0.930. The highest BCUT2D eigenvalue weighted by molar-refractivity contribution is 7.87. The molecule has 0 bridgehead atoms. The van der Waals surface area contributed by atoms with Gasteiger partial charge in [-0.3, -0.25) is 9.93 Å². The molecule has 1 amide bonds. The molecule has 1 aromatic rings. The molecule has 0 spiro atoms. The third-order valence-corrected chi connectivity index (χ3v) is 8.74. The van der Waals surface area contributed by atoms with Gasteiger partial charge in [-0.2, -0.15) is 4.36 Å². The minimum Gasteiger partial charge on any atom is -0.385 e. The summed E-state index contributed by atoms with van der Waals surface area (Å²) in [4.78, 5) is 13.2. The number of rotatable bonds is 6. The number of nitrogens with zero attached hydrogens (tertiary/aromatic N) is 1. The summed E-state index contributed by atoms with van der Waals surface area (Å²) in [6.07, 6.45) is 3.80. The molecule has 1 heterocycles. The van der Waals surface area contributed by atoms with Crippen LogP contribution in [0.3, 0.4) is 0 Å². The Kier molecular flexibility index (Phi) is 7.04. The monoisotopic (exact) mass is 476 g/mol. The first-order valence-corrected chi connectivity index (χ1v) is 12.4. The molecule has 1 fully saturated rings. The third kappa shape index (κ3) is 5.10. The van der Waals surface area contributed by atoms with E-state index in [-0.39, 0.29) is 33.4 Å². The summed E-state index contributed by atoms with van der Waals surface area (Å²) < 4.78 is 33.2. The van der Waals surface area contributed by atoms with Gasteiger partial charge in [0.05, 0.1) is 10.6 Å². The van der Waals surface area contributed by atoms with Crippen LogP contribution in [0.5, 0.6) is 0 Å². The number of thiophene rings is 1. The first-order valence-electron chi connectivity index (χ1n) is 9.93. The van der Waals surface area contributed by atoms with Gasteiger partial charge in [-0.25, -0.2) is 8.78 Å². The van der Waals surface area contributed by atoms with E-state index < -0.39 is 34.0 Å². The SMILES string of the molecule is CC(C)C1=C(F)C(Cl)=CC(C2CC2)C1CC(=O)/N=S(/N)c1sc(C(C)(C)O)cc1F. The Morgan fingerprint density at radius 3 is 2.57 bits per heavy atom. The molecular formula is C21H27ClF2N2O2S2. The van der Waals surface area contributed by atoms with Crippen LogP contribution < -0.4 is 5.14 Å². The van der Waals surface area contributed by atoms with Gasteiger partial charge < -0.3 is 5.11 Å². The molecule has 2 aliphatic rings. The third-order valence-electron chi connectivity index (χ3n) is 5.50. The number of amides is 1. The van der Waals surface area contributed by atoms with Crippen molar-refractivity contribution in [3.63, 3.8) is 0 Å². The Bertz CT molecular complexity index is 943. The number of halogens is 3. The fraction of sp³-hybridized carbons (Fsp3) is 0.571. The highest BCUT2D eigenvalue weighted by Gasteiger charge is 2.42. The number of carbonyl (C=O) groups excluding carboxylic acids is 1. The minimum absolute atomic E-state index is 0.00614. The smallest absolute Gasteiger partial charge is 0.253 e. The molecule has 166 valence electrons. The minimum atomic E-state index is -1.48. The highest BCUT2D eigenvalue weighted by Crippen LogP contribution is 2.51. The Morgan fingerprint density at radius 2 is 2.07 bits per heavy atom. The Balaban J connectivity index is 1.86. The molecular weight excluding hydrogens is 450 g/mol. The lowest BCUT2D eigenvalue weighted by Gasteiger charge is -2.32. The van der Waals surface area contributed by atoms with Crippen LogP contribution in [-0.2, 0) is 21.3 Å². The largest absolute Gasteiger partial charge is 0.385 e. The number of allylic oxidation sites excluding steroid dienone is 4. The fourth-order valence-corrected chi connectivity index (χ4v) is 6.29. The maximum Gasteiger partial charge on any atom is 0.253 e. The van der Waals surface area contributed by atoms with Crippen LogP contribution in [-0.4, -0.2) is 11.0 Å². The van der Waals surface area contributed by atoms with E-state index in [1.54, 1.807) is 19.9 Å². The van der Waals surface area contributed by atoms with Crippen LogP contribution in [0, 0.1) is 29.5 Å². The molecule has 4 nitrogen and oxygen atoms in total. The van der Waals surface area contributed by atoms with Crippen molar-refractivity contribution in [2.75, 3.05) is 0 Å². The molecule has 3 N–H and O–H groups in total. The van der Waals surface area contributed by atoms with Crippen LogP contribution in [0.4, 0.5) is 8.78 Å².